The Morgan fingerprint density at radius 1 is 1.44 bits per heavy atom. The molecule has 2 unspecified atom stereocenters. The predicted octanol–water partition coefficient (Wildman–Crippen LogP) is 1.18. The van der Waals surface area contributed by atoms with Crippen molar-refractivity contribution in [2.24, 2.45) is 0 Å². The summed E-state index contributed by atoms with van der Waals surface area (Å²) in [6, 6.07) is -0.0821. The fraction of sp³-hybridized carbons (Fsp3) is 0.846. The summed E-state index contributed by atoms with van der Waals surface area (Å²) < 4.78 is 0. The lowest BCUT2D eigenvalue weighted by molar-refractivity contribution is -0.149. The smallest absolute Gasteiger partial charge is 0.303 e. The lowest BCUT2D eigenvalue weighted by Gasteiger charge is -2.50. The van der Waals surface area contributed by atoms with Gasteiger partial charge in [-0.3, -0.25) is 14.5 Å². The van der Waals surface area contributed by atoms with Crippen LogP contribution in [0.3, 0.4) is 0 Å². The highest BCUT2D eigenvalue weighted by atomic mass is 16.4. The standard InChI is InChI=1S/C13H24N2O3/c1-9-8-14(5)12(18)10(6-7-11(16)17)15(9)13(2,3)4/h9-10H,6-8H2,1-5H3,(H,16,17). The highest BCUT2D eigenvalue weighted by Crippen LogP contribution is 2.28. The number of carboxylic acids is 1. The molecular weight excluding hydrogens is 232 g/mol. The van der Waals surface area contributed by atoms with Crippen molar-refractivity contribution in [1.29, 1.82) is 0 Å². The molecule has 18 heavy (non-hydrogen) atoms. The third kappa shape index (κ3) is 3.22. The van der Waals surface area contributed by atoms with Gasteiger partial charge in [-0.1, -0.05) is 0 Å². The van der Waals surface area contributed by atoms with Crippen molar-refractivity contribution < 1.29 is 14.7 Å². The number of carbonyl (C=O) groups excluding carboxylic acids is 1. The summed E-state index contributed by atoms with van der Waals surface area (Å²) in [5.41, 5.74) is -0.139. The van der Waals surface area contributed by atoms with Crippen LogP contribution in [0.1, 0.15) is 40.5 Å². The molecule has 1 saturated heterocycles. The number of nitrogens with zero attached hydrogens (tertiary/aromatic N) is 2. The zero-order chi connectivity index (χ0) is 14.1. The number of carboxylic acid groups (broad SMARTS) is 1. The minimum atomic E-state index is -0.850. The largest absolute Gasteiger partial charge is 0.481 e. The Balaban J connectivity index is 2.94. The van der Waals surface area contributed by atoms with Gasteiger partial charge in [0.1, 0.15) is 0 Å². The van der Waals surface area contributed by atoms with Crippen LogP contribution in [-0.2, 0) is 9.59 Å². The minimum Gasteiger partial charge on any atom is -0.481 e. The molecular formula is C13H24N2O3. The Hall–Kier alpha value is -1.10. The van der Waals surface area contributed by atoms with E-state index >= 15 is 0 Å². The van der Waals surface area contributed by atoms with E-state index in [9.17, 15) is 9.59 Å². The molecule has 2 atom stereocenters. The summed E-state index contributed by atoms with van der Waals surface area (Å²) in [5, 5.41) is 8.81. The van der Waals surface area contributed by atoms with Crippen LogP contribution in [0.4, 0.5) is 0 Å². The quantitative estimate of drug-likeness (QED) is 0.823. The molecule has 0 saturated carbocycles. The minimum absolute atomic E-state index is 0.0313. The van der Waals surface area contributed by atoms with Crippen molar-refractivity contribution in [3.8, 4) is 0 Å². The third-order valence-electron chi connectivity index (χ3n) is 3.42. The van der Waals surface area contributed by atoms with Crippen LogP contribution >= 0.6 is 0 Å². The number of hydrogen-bond donors (Lipinski definition) is 1. The van der Waals surface area contributed by atoms with Crippen LogP contribution in [0, 0.1) is 0 Å². The topological polar surface area (TPSA) is 60.9 Å². The van der Waals surface area contributed by atoms with E-state index in [-0.39, 0.29) is 30.0 Å². The van der Waals surface area contributed by atoms with Crippen LogP contribution in [0.25, 0.3) is 0 Å². The number of likely N-dealkylation sites (N-methyl/N-ethyl adjacent to an activating group) is 1. The van der Waals surface area contributed by atoms with Gasteiger partial charge in [-0.2, -0.15) is 0 Å². The summed E-state index contributed by atoms with van der Waals surface area (Å²) in [6.07, 6.45) is 0.406. The first-order valence-electron chi connectivity index (χ1n) is 6.39. The van der Waals surface area contributed by atoms with E-state index in [4.69, 9.17) is 5.11 Å². The first-order valence-corrected chi connectivity index (χ1v) is 6.39. The molecule has 0 aromatic heterocycles. The number of carbonyl (C=O) groups is 2. The monoisotopic (exact) mass is 256 g/mol. The maximum Gasteiger partial charge on any atom is 0.303 e. The Bertz CT molecular complexity index is 336. The van der Waals surface area contributed by atoms with E-state index in [1.807, 2.05) is 0 Å². The molecule has 1 heterocycles. The first-order chi connectivity index (χ1) is 8.14. The second-order valence-electron chi connectivity index (χ2n) is 6.09. The summed E-state index contributed by atoms with van der Waals surface area (Å²) in [5.74, 6) is -0.818. The van der Waals surface area contributed by atoms with Crippen molar-refractivity contribution in [3.05, 3.63) is 0 Å². The van der Waals surface area contributed by atoms with Crippen LogP contribution in [0.15, 0.2) is 0 Å². The van der Waals surface area contributed by atoms with Gasteiger partial charge >= 0.3 is 5.97 Å². The van der Waals surface area contributed by atoms with Gasteiger partial charge in [0.05, 0.1) is 6.04 Å². The Kier molecular flexibility index (Phi) is 4.37. The summed E-state index contributed by atoms with van der Waals surface area (Å²) >= 11 is 0. The van der Waals surface area contributed by atoms with Crippen molar-refractivity contribution in [2.75, 3.05) is 13.6 Å². The molecule has 1 aliphatic rings. The summed E-state index contributed by atoms with van der Waals surface area (Å²) in [4.78, 5) is 26.8. The van der Waals surface area contributed by atoms with Gasteiger partial charge < -0.3 is 10.0 Å². The van der Waals surface area contributed by atoms with E-state index < -0.39 is 5.97 Å². The lowest BCUT2D eigenvalue weighted by Crippen LogP contribution is -2.65. The lowest BCUT2D eigenvalue weighted by atomic mass is 9.93. The van der Waals surface area contributed by atoms with Gasteiger partial charge in [0.25, 0.3) is 0 Å². The van der Waals surface area contributed by atoms with Gasteiger partial charge in [0.2, 0.25) is 5.91 Å². The maximum atomic E-state index is 12.2. The van der Waals surface area contributed by atoms with Crippen LogP contribution in [0.5, 0.6) is 0 Å². The molecule has 1 N–H and O–H groups in total. The van der Waals surface area contributed by atoms with Crippen LogP contribution < -0.4 is 0 Å². The molecule has 1 amide bonds. The molecule has 104 valence electrons. The molecule has 1 rings (SSSR count). The Labute approximate surface area is 109 Å². The second-order valence-corrected chi connectivity index (χ2v) is 6.09. The van der Waals surface area contributed by atoms with Crippen molar-refractivity contribution >= 4 is 11.9 Å². The van der Waals surface area contributed by atoms with Crippen molar-refractivity contribution in [1.82, 2.24) is 9.80 Å². The van der Waals surface area contributed by atoms with Crippen molar-refractivity contribution in [3.63, 3.8) is 0 Å². The average Bonchev–Trinajstić information content (AvgIpc) is 2.18. The molecule has 5 nitrogen and oxygen atoms in total. The summed E-state index contributed by atoms with van der Waals surface area (Å²) in [6.45, 7) is 8.98. The summed E-state index contributed by atoms with van der Waals surface area (Å²) in [7, 11) is 1.78. The van der Waals surface area contributed by atoms with Crippen LogP contribution in [-0.4, -0.2) is 58.0 Å². The third-order valence-corrected chi connectivity index (χ3v) is 3.42. The van der Waals surface area contributed by atoms with Gasteiger partial charge in [-0.25, -0.2) is 0 Å². The molecule has 0 aliphatic carbocycles. The predicted molar refractivity (Wildman–Crippen MR) is 69.3 cm³/mol. The number of hydrogen-bond acceptors (Lipinski definition) is 3. The highest BCUT2D eigenvalue weighted by Gasteiger charge is 2.42. The molecule has 5 heteroatoms. The van der Waals surface area contributed by atoms with E-state index in [1.165, 1.54) is 0 Å². The number of amides is 1. The molecule has 0 spiro atoms. The van der Waals surface area contributed by atoms with Crippen molar-refractivity contribution in [2.45, 2.75) is 58.2 Å². The molecule has 0 radical (unpaired) electrons. The molecule has 1 aliphatic heterocycles. The van der Waals surface area contributed by atoms with Crippen LogP contribution in [0.2, 0.25) is 0 Å². The SMILES string of the molecule is CC1CN(C)C(=O)C(CCC(=O)O)N1C(C)(C)C. The normalized spacial score (nSPS) is 26.5. The fourth-order valence-electron chi connectivity index (χ4n) is 2.91. The van der Waals surface area contributed by atoms with Gasteiger partial charge in [0, 0.05) is 31.6 Å². The molecule has 0 aromatic carbocycles. The fourth-order valence-corrected chi connectivity index (χ4v) is 2.91. The average molecular weight is 256 g/mol. The highest BCUT2D eigenvalue weighted by molar-refractivity contribution is 5.83. The number of rotatable bonds is 3. The van der Waals surface area contributed by atoms with E-state index in [2.05, 4.69) is 32.6 Å². The van der Waals surface area contributed by atoms with E-state index in [0.717, 1.165) is 0 Å². The molecule has 0 bridgehead atoms. The Morgan fingerprint density at radius 3 is 2.44 bits per heavy atom. The zero-order valence-electron chi connectivity index (χ0n) is 11.9. The zero-order valence-corrected chi connectivity index (χ0v) is 11.9. The first kappa shape index (κ1) is 15.0. The van der Waals surface area contributed by atoms with E-state index in [0.29, 0.717) is 13.0 Å². The van der Waals surface area contributed by atoms with Gasteiger partial charge in [-0.05, 0) is 34.1 Å². The number of piperazine rings is 1. The second kappa shape index (κ2) is 5.26. The molecule has 0 aromatic rings. The van der Waals surface area contributed by atoms with Gasteiger partial charge in [-0.15, -0.1) is 0 Å². The Morgan fingerprint density at radius 2 is 2.00 bits per heavy atom. The van der Waals surface area contributed by atoms with Gasteiger partial charge in [0.15, 0.2) is 0 Å². The molecule has 1 fully saturated rings. The van der Waals surface area contributed by atoms with E-state index in [1.54, 1.807) is 11.9 Å². The maximum absolute atomic E-state index is 12.2. The number of aliphatic carboxylic acids is 1.